The average Bonchev–Trinajstić information content (AvgIpc) is 2.54. The number of hydrogen-bond acceptors (Lipinski definition) is 9. The fraction of sp³-hybridized carbons (Fsp3) is 0.692. The third kappa shape index (κ3) is 5.85. The van der Waals surface area contributed by atoms with Gasteiger partial charge < -0.3 is 28.4 Å². The molecule has 0 saturated heterocycles. The molecule has 0 atom stereocenters. The van der Waals surface area contributed by atoms with Crippen LogP contribution < -0.4 is 10.9 Å². The quantitative estimate of drug-likeness (QED) is 0.336. The van der Waals surface area contributed by atoms with E-state index in [0.29, 0.717) is 0 Å². The van der Waals surface area contributed by atoms with Crippen molar-refractivity contribution in [1.29, 1.82) is 0 Å². The lowest BCUT2D eigenvalue weighted by atomic mass is 10.5. The van der Waals surface area contributed by atoms with E-state index in [9.17, 15) is 13.9 Å². The normalized spacial score (nSPS) is 12.5. The van der Waals surface area contributed by atoms with E-state index in [1.807, 2.05) is 0 Å². The van der Waals surface area contributed by atoms with Gasteiger partial charge in [-0.15, -0.1) is 0 Å². The zero-order valence-corrected chi connectivity index (χ0v) is 17.7. The van der Waals surface area contributed by atoms with E-state index >= 15 is 0 Å². The number of aromatic nitrogens is 2. The number of aromatic amines is 2. The van der Waals surface area contributed by atoms with E-state index in [2.05, 4.69) is 15.3 Å². The van der Waals surface area contributed by atoms with Gasteiger partial charge in [0.25, 0.3) is 5.56 Å². The van der Waals surface area contributed by atoms with Crippen molar-refractivity contribution in [3.05, 3.63) is 21.3 Å². The third-order valence-electron chi connectivity index (χ3n) is 2.94. The van der Waals surface area contributed by atoms with Crippen LogP contribution in [-0.2, 0) is 27.2 Å². The van der Waals surface area contributed by atoms with Crippen LogP contribution in [-0.4, -0.2) is 41.9 Å². The van der Waals surface area contributed by atoms with Crippen molar-refractivity contribution < 1.29 is 27.2 Å². The SMILES string of the molecule is CCOP(=O)(OCC)C(Nc1c[nH]c(=S)[nH]c1=O)P(=O)(OCC)OCC. The summed E-state index contributed by atoms with van der Waals surface area (Å²) in [5.41, 5.74) is -2.21. The van der Waals surface area contributed by atoms with Gasteiger partial charge in [0.1, 0.15) is 5.69 Å². The van der Waals surface area contributed by atoms with E-state index in [-0.39, 0.29) is 36.9 Å². The molecule has 1 aromatic heterocycles. The highest BCUT2D eigenvalue weighted by Crippen LogP contribution is 2.69. The predicted octanol–water partition coefficient (Wildman–Crippen LogP) is 3.66. The molecule has 0 aliphatic rings. The van der Waals surface area contributed by atoms with Crippen LogP contribution in [0.3, 0.4) is 0 Å². The van der Waals surface area contributed by atoms with Crippen LogP contribution in [0.4, 0.5) is 5.69 Å². The van der Waals surface area contributed by atoms with E-state index in [0.717, 1.165) is 0 Å². The maximum atomic E-state index is 13.3. The molecular weight excluding hydrogens is 404 g/mol. The van der Waals surface area contributed by atoms with Crippen LogP contribution in [0.25, 0.3) is 0 Å². The first-order chi connectivity index (χ1) is 12.3. The van der Waals surface area contributed by atoms with E-state index < -0.39 is 26.3 Å². The van der Waals surface area contributed by atoms with Crippen molar-refractivity contribution in [2.75, 3.05) is 31.7 Å². The molecule has 1 heterocycles. The summed E-state index contributed by atoms with van der Waals surface area (Å²) in [6.45, 7) is 6.57. The minimum Gasteiger partial charge on any atom is -0.356 e. The standard InChI is InChI=1S/C13H25N3O7P2S/c1-5-20-24(18,21-6-2)13(25(19,22-7-3)23-8-4)15-10-9-14-12(26)16-11(10)17/h9,13,15H,5-8H2,1-4H3,(H2,14,16,17,26). The summed E-state index contributed by atoms with van der Waals surface area (Å²) in [6.07, 6.45) is 1.26. The third-order valence-corrected chi connectivity index (χ3v) is 8.78. The van der Waals surface area contributed by atoms with Gasteiger partial charge in [0.15, 0.2) is 4.77 Å². The highest BCUT2D eigenvalue weighted by Gasteiger charge is 2.51. The van der Waals surface area contributed by atoms with Crippen molar-refractivity contribution >= 4 is 33.1 Å². The lowest BCUT2D eigenvalue weighted by molar-refractivity contribution is 0.198. The van der Waals surface area contributed by atoms with Crippen LogP contribution in [0.15, 0.2) is 11.0 Å². The Morgan fingerprint density at radius 2 is 1.42 bits per heavy atom. The van der Waals surface area contributed by atoms with Gasteiger partial charge in [-0.3, -0.25) is 18.9 Å². The number of anilines is 1. The molecule has 1 aromatic rings. The molecule has 26 heavy (non-hydrogen) atoms. The van der Waals surface area contributed by atoms with E-state index in [1.54, 1.807) is 27.7 Å². The number of hydrogen-bond donors (Lipinski definition) is 3. The molecule has 0 aliphatic heterocycles. The first-order valence-corrected chi connectivity index (χ1v) is 11.8. The molecule has 0 amide bonds. The van der Waals surface area contributed by atoms with E-state index in [4.69, 9.17) is 30.3 Å². The monoisotopic (exact) mass is 429 g/mol. The molecule has 0 radical (unpaired) electrons. The maximum absolute atomic E-state index is 13.3. The summed E-state index contributed by atoms with van der Waals surface area (Å²) in [5, 5.41) is 2.65. The highest BCUT2D eigenvalue weighted by atomic mass is 32.1. The Labute approximate surface area is 157 Å². The molecule has 10 nitrogen and oxygen atoms in total. The first kappa shape index (κ1) is 23.2. The van der Waals surface area contributed by atoms with Crippen molar-refractivity contribution in [2.45, 2.75) is 33.2 Å². The smallest absolute Gasteiger partial charge is 0.356 e. The molecule has 0 saturated carbocycles. The van der Waals surface area contributed by atoms with Gasteiger partial charge in [0.05, 0.1) is 26.4 Å². The minimum atomic E-state index is -4.02. The molecule has 0 unspecified atom stereocenters. The molecule has 0 aromatic carbocycles. The fourth-order valence-electron chi connectivity index (χ4n) is 2.06. The first-order valence-electron chi connectivity index (χ1n) is 8.12. The number of H-pyrrole nitrogens is 2. The van der Waals surface area contributed by atoms with Gasteiger partial charge in [0, 0.05) is 6.20 Å². The second-order valence-corrected chi connectivity index (χ2v) is 9.79. The zero-order chi connectivity index (χ0) is 19.8. The Morgan fingerprint density at radius 1 is 1.00 bits per heavy atom. The zero-order valence-electron chi connectivity index (χ0n) is 15.1. The molecular formula is C13H25N3O7P2S. The van der Waals surface area contributed by atoms with Gasteiger partial charge in [-0.1, -0.05) is 0 Å². The minimum absolute atomic E-state index is 0.0291. The molecule has 0 bridgehead atoms. The molecule has 150 valence electrons. The van der Waals surface area contributed by atoms with E-state index in [1.165, 1.54) is 6.20 Å². The van der Waals surface area contributed by atoms with Crippen molar-refractivity contribution in [3.8, 4) is 0 Å². The maximum Gasteiger partial charge on any atom is 0.365 e. The number of rotatable bonds is 12. The molecule has 3 N–H and O–H groups in total. The van der Waals surface area contributed by atoms with Gasteiger partial charge in [-0.05, 0) is 39.9 Å². The van der Waals surface area contributed by atoms with Crippen LogP contribution in [0.2, 0.25) is 0 Å². The van der Waals surface area contributed by atoms with Crippen LogP contribution in [0.1, 0.15) is 27.7 Å². The summed E-state index contributed by atoms with van der Waals surface area (Å²) < 4.78 is 47.9. The van der Waals surface area contributed by atoms with Gasteiger partial charge in [-0.25, -0.2) is 0 Å². The van der Waals surface area contributed by atoms with Gasteiger partial charge in [-0.2, -0.15) is 0 Å². The number of nitrogens with one attached hydrogen (secondary N) is 3. The second kappa shape index (κ2) is 10.5. The van der Waals surface area contributed by atoms with Crippen LogP contribution >= 0.6 is 27.4 Å². The second-order valence-electron chi connectivity index (χ2n) is 4.75. The summed E-state index contributed by atoms with van der Waals surface area (Å²) >= 11 is 4.84. The predicted molar refractivity (Wildman–Crippen MR) is 101 cm³/mol. The van der Waals surface area contributed by atoms with Crippen molar-refractivity contribution in [2.24, 2.45) is 0 Å². The Kier molecular flexibility index (Phi) is 9.40. The summed E-state index contributed by atoms with van der Waals surface area (Å²) in [4.78, 5) is 17.1. The van der Waals surface area contributed by atoms with Gasteiger partial charge >= 0.3 is 15.2 Å². The molecule has 0 spiro atoms. The average molecular weight is 429 g/mol. The van der Waals surface area contributed by atoms with Gasteiger partial charge in [0.2, 0.25) is 5.52 Å². The lowest BCUT2D eigenvalue weighted by Crippen LogP contribution is -2.28. The summed E-state index contributed by atoms with van der Waals surface area (Å²) in [6, 6.07) is 0. The Morgan fingerprint density at radius 3 is 1.77 bits per heavy atom. The largest absolute Gasteiger partial charge is 0.365 e. The molecule has 0 aliphatic carbocycles. The summed E-state index contributed by atoms with van der Waals surface area (Å²) in [5.74, 6) is 0. The lowest BCUT2D eigenvalue weighted by Gasteiger charge is -2.31. The molecule has 1 rings (SSSR count). The molecule has 13 heteroatoms. The highest BCUT2D eigenvalue weighted by molar-refractivity contribution is 7.73. The van der Waals surface area contributed by atoms with Crippen molar-refractivity contribution in [3.63, 3.8) is 0 Å². The Bertz CT molecular complexity index is 731. The topological polar surface area (TPSA) is 132 Å². The summed E-state index contributed by atoms with van der Waals surface area (Å²) in [7, 11) is -8.05. The Balaban J connectivity index is 3.48. The molecule has 0 fully saturated rings. The van der Waals surface area contributed by atoms with Crippen LogP contribution in [0, 0.1) is 4.77 Å². The Hall–Kier alpha value is -0.800. The van der Waals surface area contributed by atoms with Crippen LogP contribution in [0.5, 0.6) is 0 Å². The van der Waals surface area contributed by atoms with Crippen molar-refractivity contribution in [1.82, 2.24) is 9.97 Å². The fourth-order valence-corrected chi connectivity index (χ4v) is 7.15.